The molecule has 2 aromatic heterocycles. The van der Waals surface area contributed by atoms with Crippen LogP contribution in [0, 0.1) is 6.92 Å². The first-order valence-corrected chi connectivity index (χ1v) is 6.88. The number of aryl methyl sites for hydroxylation is 2. The zero-order valence-electron chi connectivity index (χ0n) is 12.3. The zero-order valence-corrected chi connectivity index (χ0v) is 12.3. The molecule has 2 N–H and O–H groups in total. The van der Waals surface area contributed by atoms with E-state index in [1.807, 2.05) is 43.8 Å². The van der Waals surface area contributed by atoms with Gasteiger partial charge in [-0.2, -0.15) is 5.10 Å². The number of nitrogens with two attached hydrogens (primary N) is 1. The second-order valence-electron chi connectivity index (χ2n) is 5.12. The van der Waals surface area contributed by atoms with E-state index in [9.17, 15) is 0 Å². The maximum Gasteiger partial charge on any atom is 0.140 e. The van der Waals surface area contributed by atoms with Gasteiger partial charge in [0.2, 0.25) is 0 Å². The van der Waals surface area contributed by atoms with Gasteiger partial charge in [-0.25, -0.2) is 0 Å². The van der Waals surface area contributed by atoms with Gasteiger partial charge in [0.15, 0.2) is 0 Å². The van der Waals surface area contributed by atoms with Crippen LogP contribution in [-0.4, -0.2) is 27.4 Å². The third-order valence-corrected chi connectivity index (χ3v) is 3.13. The van der Waals surface area contributed by atoms with Crippen LogP contribution in [0.4, 0.5) is 0 Å². The van der Waals surface area contributed by atoms with Gasteiger partial charge in [-0.1, -0.05) is 0 Å². The molecule has 2 heterocycles. The molecular formula is C15H22N4O. The van der Waals surface area contributed by atoms with Crippen molar-refractivity contribution in [2.45, 2.75) is 32.7 Å². The Morgan fingerprint density at radius 3 is 2.80 bits per heavy atom. The van der Waals surface area contributed by atoms with Gasteiger partial charge >= 0.3 is 0 Å². The lowest BCUT2D eigenvalue weighted by Crippen LogP contribution is -2.19. The maximum absolute atomic E-state index is 5.86. The van der Waals surface area contributed by atoms with Crippen LogP contribution in [-0.2, 0) is 19.9 Å². The molecule has 0 spiro atoms. The second kappa shape index (κ2) is 6.52. The summed E-state index contributed by atoms with van der Waals surface area (Å²) in [6.07, 6.45) is 3.34. The van der Waals surface area contributed by atoms with Crippen molar-refractivity contribution in [2.24, 2.45) is 12.8 Å². The maximum atomic E-state index is 5.86. The molecule has 108 valence electrons. The third kappa shape index (κ3) is 3.81. The van der Waals surface area contributed by atoms with Crippen molar-refractivity contribution in [3.05, 3.63) is 41.5 Å². The number of rotatable bonds is 6. The third-order valence-electron chi connectivity index (χ3n) is 3.13. The molecule has 0 radical (unpaired) electrons. The van der Waals surface area contributed by atoms with E-state index >= 15 is 0 Å². The normalized spacial score (nSPS) is 12.4. The van der Waals surface area contributed by atoms with E-state index < -0.39 is 0 Å². The smallest absolute Gasteiger partial charge is 0.140 e. The van der Waals surface area contributed by atoms with E-state index in [2.05, 4.69) is 10.1 Å². The van der Waals surface area contributed by atoms with Crippen LogP contribution in [0.2, 0.25) is 0 Å². The zero-order chi connectivity index (χ0) is 14.5. The minimum atomic E-state index is 0.0729. The van der Waals surface area contributed by atoms with E-state index in [1.165, 1.54) is 0 Å². The summed E-state index contributed by atoms with van der Waals surface area (Å²) in [6, 6.07) is 6.01. The molecule has 0 amide bonds. The number of nitrogens with zero attached hydrogens (tertiary/aromatic N) is 3. The summed E-state index contributed by atoms with van der Waals surface area (Å²) in [4.78, 5) is 4.52. The van der Waals surface area contributed by atoms with E-state index in [1.54, 1.807) is 6.20 Å². The van der Waals surface area contributed by atoms with Crippen LogP contribution in [0.5, 0.6) is 5.75 Å². The van der Waals surface area contributed by atoms with Crippen molar-refractivity contribution >= 4 is 0 Å². The molecule has 1 unspecified atom stereocenters. The summed E-state index contributed by atoms with van der Waals surface area (Å²) in [6.45, 7) is 4.56. The minimum Gasteiger partial charge on any atom is -0.491 e. The fourth-order valence-corrected chi connectivity index (χ4v) is 2.09. The first-order valence-electron chi connectivity index (χ1n) is 6.88. The Kier molecular flexibility index (Phi) is 4.74. The SMILES string of the molecule is Cc1ccc(OCCc2ccnn2C)c(CC(C)N)n1. The van der Waals surface area contributed by atoms with Crippen LogP contribution in [0.15, 0.2) is 24.4 Å². The molecule has 2 aromatic rings. The molecular weight excluding hydrogens is 252 g/mol. The van der Waals surface area contributed by atoms with Crippen molar-refractivity contribution in [1.29, 1.82) is 0 Å². The lowest BCUT2D eigenvalue weighted by atomic mass is 10.1. The van der Waals surface area contributed by atoms with Crippen molar-refractivity contribution in [3.8, 4) is 5.75 Å². The Hall–Kier alpha value is -1.88. The predicted octanol–water partition coefficient (Wildman–Crippen LogP) is 1.63. The minimum absolute atomic E-state index is 0.0729. The van der Waals surface area contributed by atoms with Crippen LogP contribution >= 0.6 is 0 Å². The highest BCUT2D eigenvalue weighted by Gasteiger charge is 2.09. The Labute approximate surface area is 119 Å². The highest BCUT2D eigenvalue weighted by molar-refractivity contribution is 5.30. The van der Waals surface area contributed by atoms with Crippen molar-refractivity contribution in [1.82, 2.24) is 14.8 Å². The van der Waals surface area contributed by atoms with Crippen LogP contribution < -0.4 is 10.5 Å². The highest BCUT2D eigenvalue weighted by Crippen LogP contribution is 2.18. The number of ether oxygens (including phenoxy) is 1. The number of hydrogen-bond acceptors (Lipinski definition) is 4. The molecule has 0 saturated heterocycles. The number of pyridine rings is 1. The summed E-state index contributed by atoms with van der Waals surface area (Å²) >= 11 is 0. The van der Waals surface area contributed by atoms with E-state index in [4.69, 9.17) is 10.5 Å². The van der Waals surface area contributed by atoms with Gasteiger partial charge in [-0.05, 0) is 32.0 Å². The monoisotopic (exact) mass is 274 g/mol. The summed E-state index contributed by atoms with van der Waals surface area (Å²) < 4.78 is 7.72. The van der Waals surface area contributed by atoms with E-state index in [-0.39, 0.29) is 6.04 Å². The van der Waals surface area contributed by atoms with Crippen LogP contribution in [0.25, 0.3) is 0 Å². The summed E-state index contributed by atoms with van der Waals surface area (Å²) in [5, 5.41) is 4.14. The molecule has 0 bridgehead atoms. The molecule has 0 aliphatic rings. The Balaban J connectivity index is 2.00. The second-order valence-corrected chi connectivity index (χ2v) is 5.12. The van der Waals surface area contributed by atoms with Gasteiger partial charge in [0.05, 0.1) is 12.3 Å². The molecule has 5 nitrogen and oxygen atoms in total. The Morgan fingerprint density at radius 2 is 2.15 bits per heavy atom. The summed E-state index contributed by atoms with van der Waals surface area (Å²) in [5.74, 6) is 0.829. The Bertz CT molecular complexity index is 563. The average Bonchev–Trinajstić information content (AvgIpc) is 2.77. The van der Waals surface area contributed by atoms with Gasteiger partial charge in [0.1, 0.15) is 5.75 Å². The summed E-state index contributed by atoms with van der Waals surface area (Å²) in [7, 11) is 1.93. The lowest BCUT2D eigenvalue weighted by molar-refractivity contribution is 0.312. The molecule has 20 heavy (non-hydrogen) atoms. The van der Waals surface area contributed by atoms with E-state index in [0.29, 0.717) is 6.61 Å². The van der Waals surface area contributed by atoms with E-state index in [0.717, 1.165) is 35.7 Å². The van der Waals surface area contributed by atoms with Crippen LogP contribution in [0.1, 0.15) is 24.0 Å². The molecule has 1 atom stereocenters. The number of hydrogen-bond donors (Lipinski definition) is 1. The molecule has 0 aromatic carbocycles. The largest absolute Gasteiger partial charge is 0.491 e. The number of aromatic nitrogens is 3. The van der Waals surface area contributed by atoms with Crippen molar-refractivity contribution in [3.63, 3.8) is 0 Å². The average molecular weight is 274 g/mol. The molecule has 0 saturated carbocycles. The quantitative estimate of drug-likeness (QED) is 0.869. The molecule has 0 aliphatic heterocycles. The Morgan fingerprint density at radius 1 is 1.35 bits per heavy atom. The first kappa shape index (κ1) is 14.5. The molecule has 5 heteroatoms. The molecule has 0 fully saturated rings. The standard InChI is InChI=1S/C15H22N4O/c1-11(16)10-14-15(5-4-12(2)18-14)20-9-7-13-6-8-17-19(13)3/h4-6,8,11H,7,9-10,16H2,1-3H3. The first-order chi connectivity index (χ1) is 9.56. The molecule has 0 aliphatic carbocycles. The fourth-order valence-electron chi connectivity index (χ4n) is 2.09. The van der Waals surface area contributed by atoms with Crippen LogP contribution in [0.3, 0.4) is 0 Å². The van der Waals surface area contributed by atoms with Crippen molar-refractivity contribution in [2.75, 3.05) is 6.61 Å². The van der Waals surface area contributed by atoms with Gasteiger partial charge in [-0.3, -0.25) is 9.67 Å². The summed E-state index contributed by atoms with van der Waals surface area (Å²) in [5.41, 5.74) is 8.93. The fraction of sp³-hybridized carbons (Fsp3) is 0.467. The molecule has 2 rings (SSSR count). The van der Waals surface area contributed by atoms with Gasteiger partial charge < -0.3 is 10.5 Å². The van der Waals surface area contributed by atoms with Crippen molar-refractivity contribution < 1.29 is 4.74 Å². The predicted molar refractivity (Wildman–Crippen MR) is 78.7 cm³/mol. The highest BCUT2D eigenvalue weighted by atomic mass is 16.5. The lowest BCUT2D eigenvalue weighted by Gasteiger charge is -2.13. The van der Waals surface area contributed by atoms with Gasteiger partial charge in [0.25, 0.3) is 0 Å². The topological polar surface area (TPSA) is 66.0 Å². The van der Waals surface area contributed by atoms with Gasteiger partial charge in [0, 0.05) is 43.5 Å². The van der Waals surface area contributed by atoms with Gasteiger partial charge in [-0.15, -0.1) is 0 Å².